The van der Waals surface area contributed by atoms with E-state index in [1.807, 2.05) is 0 Å². The third kappa shape index (κ3) is 4.71. The van der Waals surface area contributed by atoms with Crippen molar-refractivity contribution in [3.8, 4) is 5.75 Å². The summed E-state index contributed by atoms with van der Waals surface area (Å²) in [6.45, 7) is 3.57. The summed E-state index contributed by atoms with van der Waals surface area (Å²) >= 11 is 0. The van der Waals surface area contributed by atoms with E-state index in [1.54, 1.807) is 32.0 Å². The van der Waals surface area contributed by atoms with Gasteiger partial charge in [-0.2, -0.15) is 0 Å². The lowest BCUT2D eigenvalue weighted by Gasteiger charge is -2.19. The minimum Gasteiger partial charge on any atom is -0.487 e. The highest BCUT2D eigenvalue weighted by atomic mass is 16.6. The molecule has 21 heavy (non-hydrogen) atoms. The van der Waals surface area contributed by atoms with Gasteiger partial charge in [-0.15, -0.1) is 0 Å². The largest absolute Gasteiger partial charge is 0.487 e. The van der Waals surface area contributed by atoms with Gasteiger partial charge in [-0.1, -0.05) is 12.1 Å². The lowest BCUT2D eigenvalue weighted by molar-refractivity contribution is -0.386. The van der Waals surface area contributed by atoms with Gasteiger partial charge in [-0.25, -0.2) is 0 Å². The summed E-state index contributed by atoms with van der Waals surface area (Å²) in [6.07, 6.45) is 1.72. The van der Waals surface area contributed by atoms with Crippen LogP contribution in [0.15, 0.2) is 18.2 Å². The number of carbonyl (C=O) groups excluding carboxylic acids is 1. The number of carbonyl (C=O) groups is 1. The van der Waals surface area contributed by atoms with Crippen LogP contribution in [0.3, 0.4) is 0 Å². The molecule has 116 valence electrons. The van der Waals surface area contributed by atoms with Gasteiger partial charge in [0.25, 0.3) is 0 Å². The Balaban J connectivity index is 2.49. The first-order valence-electron chi connectivity index (χ1n) is 6.71. The molecule has 0 spiro atoms. The Kier molecular flexibility index (Phi) is 5.66. The molecule has 1 amide bonds. The van der Waals surface area contributed by atoms with Crippen LogP contribution in [0.4, 0.5) is 5.69 Å². The number of hydrogen-bond acceptors (Lipinski definition) is 5. The molecule has 1 unspecified atom stereocenters. The van der Waals surface area contributed by atoms with E-state index in [4.69, 9.17) is 16.2 Å². The van der Waals surface area contributed by atoms with Crippen LogP contribution in [0.5, 0.6) is 5.75 Å². The number of unbranched alkanes of at least 4 members (excludes halogenated alkanes) is 1. The number of para-hydroxylation sites is 1. The summed E-state index contributed by atoms with van der Waals surface area (Å²) in [6, 6.07) is 4.95. The fourth-order valence-corrected chi connectivity index (χ4v) is 1.88. The Morgan fingerprint density at radius 1 is 1.43 bits per heavy atom. The average molecular weight is 295 g/mol. The zero-order valence-corrected chi connectivity index (χ0v) is 12.3. The zero-order valence-electron chi connectivity index (χ0n) is 12.3. The number of ether oxygens (including phenoxy) is 1. The molecule has 0 radical (unpaired) electrons. The number of primary amides is 1. The summed E-state index contributed by atoms with van der Waals surface area (Å²) in [5, 5.41) is 11.0. The number of hydrogen-bond donors (Lipinski definition) is 2. The van der Waals surface area contributed by atoms with Crippen molar-refractivity contribution in [3.63, 3.8) is 0 Å². The Bertz CT molecular complexity index is 529. The van der Waals surface area contributed by atoms with Crippen LogP contribution in [0, 0.1) is 17.0 Å². The van der Waals surface area contributed by atoms with E-state index >= 15 is 0 Å². The highest BCUT2D eigenvalue weighted by molar-refractivity contribution is 5.83. The Morgan fingerprint density at radius 2 is 2.10 bits per heavy atom. The van der Waals surface area contributed by atoms with Crippen molar-refractivity contribution in [2.45, 2.75) is 38.6 Å². The minimum absolute atomic E-state index is 0.0155. The number of aryl methyl sites for hydroxylation is 1. The molecule has 0 bridgehead atoms. The first-order chi connectivity index (χ1) is 9.75. The molecule has 1 atom stereocenters. The monoisotopic (exact) mass is 295 g/mol. The molecule has 0 heterocycles. The van der Waals surface area contributed by atoms with Crippen molar-refractivity contribution in [3.05, 3.63) is 33.9 Å². The molecule has 1 aromatic rings. The maximum Gasteiger partial charge on any atom is 0.313 e. The lowest BCUT2D eigenvalue weighted by Crippen LogP contribution is -2.49. The van der Waals surface area contributed by atoms with Crippen LogP contribution in [0.1, 0.15) is 31.7 Å². The van der Waals surface area contributed by atoms with E-state index in [9.17, 15) is 14.9 Å². The molecule has 0 saturated heterocycles. The van der Waals surface area contributed by atoms with Crippen molar-refractivity contribution < 1.29 is 14.5 Å². The zero-order chi connectivity index (χ0) is 16.0. The van der Waals surface area contributed by atoms with E-state index in [0.29, 0.717) is 31.4 Å². The predicted molar refractivity (Wildman–Crippen MR) is 79.0 cm³/mol. The quantitative estimate of drug-likeness (QED) is 0.429. The van der Waals surface area contributed by atoms with Gasteiger partial charge < -0.3 is 16.2 Å². The Morgan fingerprint density at radius 3 is 2.67 bits per heavy atom. The van der Waals surface area contributed by atoms with E-state index < -0.39 is 16.4 Å². The Labute approximate surface area is 123 Å². The van der Waals surface area contributed by atoms with Crippen LogP contribution in [-0.2, 0) is 4.79 Å². The van der Waals surface area contributed by atoms with E-state index in [-0.39, 0.29) is 11.4 Å². The predicted octanol–water partition coefficient (Wildman–Crippen LogP) is 1.66. The SMILES string of the molecule is Cc1cccc(OCCCCC(C)(N)C(N)=O)c1[N+](=O)[O-]. The van der Waals surface area contributed by atoms with Crippen LogP contribution in [-0.4, -0.2) is 23.0 Å². The highest BCUT2D eigenvalue weighted by Gasteiger charge is 2.24. The van der Waals surface area contributed by atoms with Crippen LogP contribution < -0.4 is 16.2 Å². The van der Waals surface area contributed by atoms with Crippen molar-refractivity contribution >= 4 is 11.6 Å². The molecule has 0 fully saturated rings. The van der Waals surface area contributed by atoms with Crippen LogP contribution >= 0.6 is 0 Å². The molecule has 0 aliphatic rings. The van der Waals surface area contributed by atoms with Gasteiger partial charge in [0.15, 0.2) is 5.75 Å². The minimum atomic E-state index is -1.03. The van der Waals surface area contributed by atoms with Gasteiger partial charge in [-0.05, 0) is 39.2 Å². The van der Waals surface area contributed by atoms with Gasteiger partial charge in [0.2, 0.25) is 5.91 Å². The van der Waals surface area contributed by atoms with Crippen molar-refractivity contribution in [2.24, 2.45) is 11.5 Å². The lowest BCUT2D eigenvalue weighted by atomic mass is 9.96. The van der Waals surface area contributed by atoms with Crippen molar-refractivity contribution in [1.82, 2.24) is 0 Å². The second-order valence-corrected chi connectivity index (χ2v) is 5.27. The van der Waals surface area contributed by atoms with E-state index in [1.165, 1.54) is 0 Å². The molecule has 1 aromatic carbocycles. The van der Waals surface area contributed by atoms with Gasteiger partial charge >= 0.3 is 5.69 Å². The Hall–Kier alpha value is -2.15. The molecule has 0 aliphatic heterocycles. The summed E-state index contributed by atoms with van der Waals surface area (Å²) in [7, 11) is 0. The second-order valence-electron chi connectivity index (χ2n) is 5.27. The third-order valence-electron chi connectivity index (χ3n) is 3.29. The molecule has 0 aromatic heterocycles. The fourth-order valence-electron chi connectivity index (χ4n) is 1.88. The van der Waals surface area contributed by atoms with Gasteiger partial charge in [0, 0.05) is 5.56 Å². The van der Waals surface area contributed by atoms with E-state index in [2.05, 4.69) is 0 Å². The summed E-state index contributed by atoms with van der Waals surface area (Å²) in [5.74, 6) is -0.289. The smallest absolute Gasteiger partial charge is 0.313 e. The maximum atomic E-state index is 11.1. The normalized spacial score (nSPS) is 13.5. The van der Waals surface area contributed by atoms with Crippen LogP contribution in [0.25, 0.3) is 0 Å². The molecular formula is C14H21N3O4. The number of amides is 1. The number of nitrogens with two attached hydrogens (primary N) is 2. The van der Waals surface area contributed by atoms with Crippen molar-refractivity contribution in [1.29, 1.82) is 0 Å². The molecule has 0 saturated carbocycles. The molecule has 4 N–H and O–H groups in total. The molecule has 7 nitrogen and oxygen atoms in total. The summed E-state index contributed by atoms with van der Waals surface area (Å²) in [5.41, 5.74) is 10.4. The topological polar surface area (TPSA) is 121 Å². The summed E-state index contributed by atoms with van der Waals surface area (Å²) in [4.78, 5) is 21.6. The number of benzene rings is 1. The first kappa shape index (κ1) is 16.9. The molecule has 1 rings (SSSR count). The number of rotatable bonds is 8. The van der Waals surface area contributed by atoms with Gasteiger partial charge in [0.1, 0.15) is 0 Å². The second kappa shape index (κ2) is 7.03. The number of nitro groups is 1. The first-order valence-corrected chi connectivity index (χ1v) is 6.71. The summed E-state index contributed by atoms with van der Waals surface area (Å²) < 4.78 is 5.46. The average Bonchev–Trinajstić information content (AvgIpc) is 2.37. The highest BCUT2D eigenvalue weighted by Crippen LogP contribution is 2.30. The van der Waals surface area contributed by atoms with Crippen molar-refractivity contribution in [2.75, 3.05) is 6.61 Å². The van der Waals surface area contributed by atoms with Gasteiger partial charge in [0.05, 0.1) is 17.1 Å². The van der Waals surface area contributed by atoms with E-state index in [0.717, 1.165) is 0 Å². The maximum absolute atomic E-state index is 11.1. The van der Waals surface area contributed by atoms with Crippen LogP contribution in [0.2, 0.25) is 0 Å². The molecule has 7 heteroatoms. The standard InChI is InChI=1S/C14H21N3O4/c1-10-6-5-7-11(12(10)17(19)20)21-9-4-3-8-14(2,16)13(15)18/h5-7H,3-4,8-9,16H2,1-2H3,(H2,15,18). The third-order valence-corrected chi connectivity index (χ3v) is 3.29. The molecule has 0 aliphatic carbocycles. The molecular weight excluding hydrogens is 274 g/mol. The van der Waals surface area contributed by atoms with Gasteiger partial charge in [-0.3, -0.25) is 14.9 Å². The fraction of sp³-hybridized carbons (Fsp3) is 0.500. The number of nitro benzene ring substituents is 1. The number of nitrogens with zero attached hydrogens (tertiary/aromatic N) is 1.